The quantitative estimate of drug-likeness (QED) is 0.0164. The molecule has 0 fully saturated rings. The Balaban J connectivity index is 3.48. The Morgan fingerprint density at radius 3 is 1.15 bits per heavy atom. The number of carboxylic acid groups (broad SMARTS) is 2. The number of hydrogen-bond donors (Lipinski definition) is 23. The predicted octanol–water partition coefficient (Wildman–Crippen LogP) is -11.7. The number of aliphatic hydroxyl groups is 3. The van der Waals surface area contributed by atoms with E-state index in [4.69, 9.17) is 45.9 Å². The van der Waals surface area contributed by atoms with Crippen molar-refractivity contribution >= 4 is 88.8 Å². The SMILES string of the molecule is NCCCC[C@H](N)C(=O)N[C@@H](CCC(N)=O)C(=O)N[C@@H](CO)C(=O)N[C@@H](Cc1cnc[nH]1)C(=O)N[C@@H](CCC(N)=O)C(=O)N[C@@H](CO)C(=O)N[C@@H](CCCN=C(N)N)C(=O)N[C@@H](CO)C(=O)N[C@@H](CCC(=O)O)C(=O)N[C@@H](CCCN=C(N)N)C(=O)O. The monoisotopic (exact) mass is 1240 g/mol. The van der Waals surface area contributed by atoms with Crippen molar-refractivity contribution in [2.24, 2.45) is 55.9 Å². The number of hydrogen-bond acceptors (Lipinski definition) is 21. The first kappa shape index (κ1) is 75.7. The third-order valence-corrected chi connectivity index (χ3v) is 12.4. The molecule has 11 amide bonds. The molecule has 0 aliphatic rings. The first-order valence-electron chi connectivity index (χ1n) is 27.2. The number of carbonyl (C=O) groups excluding carboxylic acids is 11. The normalized spacial score (nSPS) is 14.3. The van der Waals surface area contributed by atoms with Gasteiger partial charge in [0.05, 0.1) is 32.2 Å². The van der Waals surface area contributed by atoms with Crippen LogP contribution in [-0.2, 0) is 68.7 Å². The van der Waals surface area contributed by atoms with Gasteiger partial charge in [-0.2, -0.15) is 0 Å². The average Bonchev–Trinajstić information content (AvgIpc) is 4.13. The third kappa shape index (κ3) is 30.9. The van der Waals surface area contributed by atoms with E-state index in [1.165, 1.54) is 12.5 Å². The summed E-state index contributed by atoms with van der Waals surface area (Å²) in [6, 6.07) is -17.0. The lowest BCUT2D eigenvalue weighted by molar-refractivity contribution is -0.143. The number of H-pyrrole nitrogens is 1. The Bertz CT molecular complexity index is 2530. The molecule has 0 spiro atoms. The number of imidazole rings is 1. The summed E-state index contributed by atoms with van der Waals surface area (Å²) in [7, 11) is 0. The van der Waals surface area contributed by atoms with Crippen molar-refractivity contribution in [3.8, 4) is 0 Å². The number of nitrogens with two attached hydrogens (primary N) is 8. The van der Waals surface area contributed by atoms with Gasteiger partial charge in [-0.1, -0.05) is 6.42 Å². The van der Waals surface area contributed by atoms with Gasteiger partial charge in [0.1, 0.15) is 54.4 Å². The second-order valence-corrected chi connectivity index (χ2v) is 19.4. The minimum absolute atomic E-state index is 0.0196. The number of aromatic amines is 1. The number of primary amides is 2. The molecule has 0 saturated heterocycles. The largest absolute Gasteiger partial charge is 0.481 e. The van der Waals surface area contributed by atoms with Crippen LogP contribution in [0, 0.1) is 0 Å². The predicted molar refractivity (Wildman–Crippen MR) is 303 cm³/mol. The second-order valence-electron chi connectivity index (χ2n) is 19.4. The van der Waals surface area contributed by atoms with Gasteiger partial charge in [0.25, 0.3) is 0 Å². The summed E-state index contributed by atoms with van der Waals surface area (Å²) < 4.78 is 0. The summed E-state index contributed by atoms with van der Waals surface area (Å²) in [5, 5.41) is 70.2. The van der Waals surface area contributed by atoms with Crippen LogP contribution in [-0.4, -0.2) is 224 Å². The van der Waals surface area contributed by atoms with Crippen LogP contribution in [0.15, 0.2) is 22.5 Å². The van der Waals surface area contributed by atoms with Crippen molar-refractivity contribution in [2.75, 3.05) is 39.5 Å². The lowest BCUT2D eigenvalue weighted by Gasteiger charge is -2.27. The Hall–Kier alpha value is -9.34. The number of aliphatic imine (C=N–C) groups is 2. The van der Waals surface area contributed by atoms with Gasteiger partial charge in [-0.25, -0.2) is 9.78 Å². The van der Waals surface area contributed by atoms with Crippen LogP contribution in [0.25, 0.3) is 0 Å². The second kappa shape index (κ2) is 40.8. The highest BCUT2D eigenvalue weighted by Crippen LogP contribution is 2.09. The van der Waals surface area contributed by atoms with E-state index in [2.05, 4.69) is 67.8 Å². The standard InChI is InChI=1S/C48H83N21O18/c49-14-2-1-5-24(50)37(77)61-26(8-11-34(51)73)40(80)69-33(21-72)45(85)66-30(17-23-18-57-22-60-23)42(82)63-27(9-12-35(52)74)41(81)68-31(19-70)43(83)62-25(6-3-15-58-47(53)54)38(78)67-32(20-71)44(84)64-28(10-13-36(75)76)39(79)65-29(46(86)87)7-4-16-59-48(55)56/h18,22,24-33,70-72H,1-17,19-21,49-50H2,(H2,51,73)(H2,52,74)(H,57,60)(H,61,77)(H,62,83)(H,63,82)(H,64,84)(H,65,79)(H,66,85)(H,67,78)(H,68,81)(H,69,80)(H,75,76)(H,86,87)(H4,53,54,58)(H4,55,56,59)/t24-,25-,26-,27-,28-,29-,30-,31-,32-,33-/m0/s1. The van der Waals surface area contributed by atoms with E-state index in [9.17, 15) is 87.9 Å². The van der Waals surface area contributed by atoms with E-state index in [0.29, 0.717) is 19.4 Å². The number of carboxylic acids is 2. The number of aromatic nitrogens is 2. The maximum absolute atomic E-state index is 14.1. The molecule has 0 bridgehead atoms. The number of amides is 11. The minimum Gasteiger partial charge on any atom is -0.481 e. The smallest absolute Gasteiger partial charge is 0.326 e. The van der Waals surface area contributed by atoms with Crippen LogP contribution < -0.4 is 93.7 Å². The van der Waals surface area contributed by atoms with Crippen LogP contribution in [0.4, 0.5) is 0 Å². The molecule has 0 radical (unpaired) electrons. The van der Waals surface area contributed by atoms with Crippen molar-refractivity contribution in [1.29, 1.82) is 0 Å². The van der Waals surface area contributed by atoms with Gasteiger partial charge in [-0.15, -0.1) is 0 Å². The molecule has 39 heteroatoms. The maximum atomic E-state index is 14.1. The lowest BCUT2D eigenvalue weighted by Crippen LogP contribution is -2.61. The molecule has 0 aliphatic heterocycles. The summed E-state index contributed by atoms with van der Waals surface area (Å²) >= 11 is 0. The minimum atomic E-state index is -1.98. The summed E-state index contributed by atoms with van der Waals surface area (Å²) in [6.45, 7) is -3.34. The van der Waals surface area contributed by atoms with E-state index >= 15 is 0 Å². The van der Waals surface area contributed by atoms with Crippen LogP contribution >= 0.6 is 0 Å². The highest BCUT2D eigenvalue weighted by atomic mass is 16.4. The van der Waals surface area contributed by atoms with Gasteiger partial charge in [-0.3, -0.25) is 67.5 Å². The Morgan fingerprint density at radius 2 is 0.793 bits per heavy atom. The molecule has 0 aromatic carbocycles. The van der Waals surface area contributed by atoms with Gasteiger partial charge >= 0.3 is 11.9 Å². The van der Waals surface area contributed by atoms with Crippen LogP contribution in [0.5, 0.6) is 0 Å². The highest BCUT2D eigenvalue weighted by molar-refractivity contribution is 5.99. The van der Waals surface area contributed by atoms with E-state index in [-0.39, 0.29) is 69.2 Å². The van der Waals surface area contributed by atoms with Crippen molar-refractivity contribution < 1.29 is 87.9 Å². The number of aliphatic hydroxyl groups excluding tert-OH is 3. The molecule has 39 nitrogen and oxygen atoms in total. The molecule has 0 saturated carbocycles. The van der Waals surface area contributed by atoms with Crippen molar-refractivity contribution in [2.45, 2.75) is 150 Å². The van der Waals surface area contributed by atoms with Crippen LogP contribution in [0.2, 0.25) is 0 Å². The van der Waals surface area contributed by atoms with E-state index in [0.717, 1.165) is 0 Å². The number of aliphatic carboxylic acids is 2. The third-order valence-electron chi connectivity index (χ3n) is 12.4. The average molecular weight is 1240 g/mol. The number of nitrogens with one attached hydrogen (secondary N) is 10. The zero-order valence-electron chi connectivity index (χ0n) is 47.6. The number of guanidine groups is 2. The molecular weight excluding hydrogens is 1160 g/mol. The molecule has 10 atom stereocenters. The van der Waals surface area contributed by atoms with Gasteiger partial charge in [0.2, 0.25) is 65.0 Å². The summed E-state index contributed by atoms with van der Waals surface area (Å²) in [5.74, 6) is -15.9. The fourth-order valence-electron chi connectivity index (χ4n) is 7.69. The molecule has 1 heterocycles. The van der Waals surface area contributed by atoms with Crippen LogP contribution in [0.3, 0.4) is 0 Å². The molecule has 1 aromatic rings. The highest BCUT2D eigenvalue weighted by Gasteiger charge is 2.36. The van der Waals surface area contributed by atoms with E-state index in [1.807, 2.05) is 0 Å². The lowest BCUT2D eigenvalue weighted by atomic mass is 10.1. The molecule has 0 unspecified atom stereocenters. The molecule has 0 aliphatic carbocycles. The maximum Gasteiger partial charge on any atom is 0.326 e. The molecule has 87 heavy (non-hydrogen) atoms. The zero-order chi connectivity index (χ0) is 65.8. The Morgan fingerprint density at radius 1 is 0.448 bits per heavy atom. The summed E-state index contributed by atoms with van der Waals surface area (Å²) in [4.78, 5) is 184. The van der Waals surface area contributed by atoms with Gasteiger partial charge < -0.3 is 124 Å². The number of unbranched alkanes of at least 4 members (excludes halogenated alkanes) is 1. The molecule has 488 valence electrons. The molecule has 31 N–H and O–H groups in total. The molecular formula is C48H83N21O18. The zero-order valence-corrected chi connectivity index (χ0v) is 47.6. The topological polar surface area (TPSA) is 693 Å². The van der Waals surface area contributed by atoms with E-state index < -0.39 is 196 Å². The van der Waals surface area contributed by atoms with E-state index in [1.54, 1.807) is 0 Å². The van der Waals surface area contributed by atoms with Gasteiger partial charge in [-0.05, 0) is 64.3 Å². The number of carbonyl (C=O) groups is 13. The fourth-order valence-corrected chi connectivity index (χ4v) is 7.69. The molecule has 1 rings (SSSR count). The Labute approximate surface area is 497 Å². The summed E-state index contributed by atoms with van der Waals surface area (Å²) in [5.41, 5.74) is 43.7. The van der Waals surface area contributed by atoms with Crippen molar-refractivity contribution in [1.82, 2.24) is 57.8 Å². The van der Waals surface area contributed by atoms with Gasteiger partial charge in [0, 0.05) is 50.7 Å². The van der Waals surface area contributed by atoms with Gasteiger partial charge in [0.15, 0.2) is 11.9 Å². The first-order chi connectivity index (χ1) is 41.1. The number of rotatable bonds is 45. The Kier molecular flexibility index (Phi) is 35.5. The fraction of sp³-hybridized carbons (Fsp3) is 0.625. The van der Waals surface area contributed by atoms with Crippen molar-refractivity contribution in [3.63, 3.8) is 0 Å². The summed E-state index contributed by atoms with van der Waals surface area (Å²) in [6.07, 6.45) is -0.635. The molecule has 1 aromatic heterocycles. The van der Waals surface area contributed by atoms with Crippen molar-refractivity contribution in [3.05, 3.63) is 18.2 Å². The first-order valence-corrected chi connectivity index (χ1v) is 27.2. The van der Waals surface area contributed by atoms with Crippen LogP contribution in [0.1, 0.15) is 89.2 Å². The number of nitrogens with zero attached hydrogens (tertiary/aromatic N) is 3.